The van der Waals surface area contributed by atoms with Gasteiger partial charge in [0.15, 0.2) is 11.6 Å². The van der Waals surface area contributed by atoms with Crippen molar-refractivity contribution in [2.75, 3.05) is 0 Å². The van der Waals surface area contributed by atoms with E-state index >= 15 is 0 Å². The van der Waals surface area contributed by atoms with E-state index < -0.39 is 5.97 Å². The zero-order valence-electron chi connectivity index (χ0n) is 18.9. The van der Waals surface area contributed by atoms with Gasteiger partial charge in [0.2, 0.25) is 0 Å². The van der Waals surface area contributed by atoms with Gasteiger partial charge in [0.25, 0.3) is 0 Å². The molecule has 1 aromatic carbocycles. The van der Waals surface area contributed by atoms with Crippen LogP contribution in [-0.4, -0.2) is 15.9 Å². The van der Waals surface area contributed by atoms with Gasteiger partial charge in [0, 0.05) is 11.6 Å². The number of benzene rings is 1. The summed E-state index contributed by atoms with van der Waals surface area (Å²) in [5.41, 5.74) is 3.48. The van der Waals surface area contributed by atoms with Crippen LogP contribution in [0, 0.1) is 5.41 Å². The molecule has 4 nitrogen and oxygen atoms in total. The second kappa shape index (κ2) is 9.33. The monoisotopic (exact) mass is 418 g/mol. The highest BCUT2D eigenvalue weighted by Gasteiger charge is 2.48. The molecule has 0 spiro atoms. The molecular weight excluding hydrogens is 384 g/mol. The highest BCUT2D eigenvalue weighted by molar-refractivity contribution is 5.83. The lowest BCUT2D eigenvalue weighted by molar-refractivity contribution is -0.129. The molecule has 3 fully saturated rings. The Kier molecular flexibility index (Phi) is 6.54. The van der Waals surface area contributed by atoms with E-state index in [1.54, 1.807) is 12.4 Å². The van der Waals surface area contributed by atoms with Crippen LogP contribution in [0.4, 0.5) is 0 Å². The second-order valence-electron chi connectivity index (χ2n) is 9.46. The number of allylic oxidation sites excluding steroid dienone is 1. The van der Waals surface area contributed by atoms with Gasteiger partial charge >= 0.3 is 5.97 Å². The van der Waals surface area contributed by atoms with Crippen LogP contribution in [0.25, 0.3) is 11.4 Å². The molecule has 1 aromatic heterocycles. The fourth-order valence-corrected chi connectivity index (χ4v) is 5.59. The van der Waals surface area contributed by atoms with Crippen molar-refractivity contribution in [2.45, 2.75) is 83.5 Å². The van der Waals surface area contributed by atoms with E-state index in [4.69, 9.17) is 4.74 Å². The Labute approximate surface area is 186 Å². The van der Waals surface area contributed by atoms with Crippen LogP contribution < -0.4 is 4.74 Å². The van der Waals surface area contributed by atoms with E-state index in [0.29, 0.717) is 22.4 Å². The smallest absolute Gasteiger partial charge is 0.335 e. The van der Waals surface area contributed by atoms with E-state index in [1.165, 1.54) is 63.0 Å². The van der Waals surface area contributed by atoms with Gasteiger partial charge < -0.3 is 4.74 Å². The Morgan fingerprint density at radius 3 is 2.19 bits per heavy atom. The SMILES string of the molecule is CCC/C=C/C(=O)Oc1cnc(-c2ccc(C34CCC(CCC)(CC3)CC4)cc2)nc1. The first-order chi connectivity index (χ1) is 15.1. The fourth-order valence-electron chi connectivity index (χ4n) is 5.59. The van der Waals surface area contributed by atoms with Crippen molar-refractivity contribution >= 4 is 5.97 Å². The molecule has 1 heterocycles. The summed E-state index contributed by atoms with van der Waals surface area (Å²) < 4.78 is 5.26. The normalized spacial score (nSPS) is 25.1. The van der Waals surface area contributed by atoms with Crippen LogP contribution in [-0.2, 0) is 10.2 Å². The first-order valence-electron chi connectivity index (χ1n) is 11.9. The van der Waals surface area contributed by atoms with E-state index in [0.717, 1.165) is 18.4 Å². The lowest BCUT2D eigenvalue weighted by atomic mass is 9.51. The predicted molar refractivity (Wildman–Crippen MR) is 124 cm³/mol. The molecule has 3 aliphatic rings. The van der Waals surface area contributed by atoms with Crippen molar-refractivity contribution < 1.29 is 9.53 Å². The first-order valence-corrected chi connectivity index (χ1v) is 11.9. The van der Waals surface area contributed by atoms with Gasteiger partial charge in [-0.3, -0.25) is 0 Å². The number of aromatic nitrogens is 2. The minimum Gasteiger partial charge on any atom is -0.420 e. The maximum atomic E-state index is 11.8. The number of carbonyl (C=O) groups is 1. The molecule has 31 heavy (non-hydrogen) atoms. The topological polar surface area (TPSA) is 52.1 Å². The Morgan fingerprint density at radius 2 is 1.61 bits per heavy atom. The molecule has 5 rings (SSSR count). The molecule has 0 saturated heterocycles. The van der Waals surface area contributed by atoms with Crippen molar-refractivity contribution in [1.82, 2.24) is 9.97 Å². The lowest BCUT2D eigenvalue weighted by Gasteiger charge is -2.54. The van der Waals surface area contributed by atoms with Gasteiger partial charge in [-0.05, 0) is 67.8 Å². The van der Waals surface area contributed by atoms with E-state index in [2.05, 4.69) is 48.1 Å². The molecule has 0 amide bonds. The number of carbonyl (C=O) groups excluding carboxylic acids is 1. The van der Waals surface area contributed by atoms with Crippen LogP contribution in [0.1, 0.15) is 83.6 Å². The first kappa shape index (κ1) is 21.7. The van der Waals surface area contributed by atoms with Crippen LogP contribution >= 0.6 is 0 Å². The Bertz CT molecular complexity index is 891. The third-order valence-corrected chi connectivity index (χ3v) is 7.49. The maximum absolute atomic E-state index is 11.8. The fraction of sp³-hybridized carbons (Fsp3) is 0.519. The van der Waals surface area contributed by atoms with Crippen molar-refractivity contribution in [3.05, 3.63) is 54.4 Å². The molecular formula is C27H34N2O2. The number of hydrogen-bond donors (Lipinski definition) is 0. The summed E-state index contributed by atoms with van der Waals surface area (Å²) in [7, 11) is 0. The number of fused-ring (bicyclic) bond motifs is 3. The largest absolute Gasteiger partial charge is 0.420 e. The molecule has 3 saturated carbocycles. The molecule has 4 heteroatoms. The average molecular weight is 419 g/mol. The number of nitrogens with zero attached hydrogens (tertiary/aromatic N) is 2. The number of ether oxygens (including phenoxy) is 1. The zero-order chi connectivity index (χ0) is 21.7. The third-order valence-electron chi connectivity index (χ3n) is 7.49. The standard InChI is InChI=1S/C27H34N2O2/c1-3-5-6-7-24(30)31-23-19-28-25(29-20-23)21-8-10-22(11-9-21)27-16-13-26(12-4-2,14-17-27)15-18-27/h6-11,19-20H,3-5,12-18H2,1-2H3/b7-6+. The zero-order valence-corrected chi connectivity index (χ0v) is 18.9. The predicted octanol–water partition coefficient (Wildman–Crippen LogP) is 6.80. The Hall–Kier alpha value is -2.49. The molecule has 2 aromatic rings. The van der Waals surface area contributed by atoms with Gasteiger partial charge in [0.05, 0.1) is 12.4 Å². The number of hydrogen-bond acceptors (Lipinski definition) is 4. The van der Waals surface area contributed by atoms with Crippen LogP contribution in [0.5, 0.6) is 5.75 Å². The summed E-state index contributed by atoms with van der Waals surface area (Å²) in [5.74, 6) is 0.626. The molecule has 0 atom stereocenters. The average Bonchev–Trinajstić information content (AvgIpc) is 2.81. The van der Waals surface area contributed by atoms with Crippen LogP contribution in [0.2, 0.25) is 0 Å². The summed E-state index contributed by atoms with van der Waals surface area (Å²) in [4.78, 5) is 20.6. The molecule has 0 unspecified atom stereocenters. The molecule has 0 N–H and O–H groups in total. The Balaban J connectivity index is 1.40. The highest BCUT2D eigenvalue weighted by atomic mass is 16.5. The van der Waals surface area contributed by atoms with Crippen LogP contribution in [0.3, 0.4) is 0 Å². The summed E-state index contributed by atoms with van der Waals surface area (Å²) in [5, 5.41) is 0. The van der Waals surface area contributed by atoms with E-state index in [1.807, 2.05) is 6.08 Å². The third kappa shape index (κ3) is 4.73. The molecule has 0 radical (unpaired) electrons. The molecule has 164 valence electrons. The summed E-state index contributed by atoms with van der Waals surface area (Å²) >= 11 is 0. The van der Waals surface area contributed by atoms with Gasteiger partial charge in [0.1, 0.15) is 0 Å². The summed E-state index contributed by atoms with van der Waals surface area (Å²) in [6, 6.07) is 8.84. The quantitative estimate of drug-likeness (QED) is 0.349. The molecule has 0 aliphatic heterocycles. The Morgan fingerprint density at radius 1 is 0.968 bits per heavy atom. The van der Waals surface area contributed by atoms with Crippen molar-refractivity contribution in [3.63, 3.8) is 0 Å². The highest BCUT2D eigenvalue weighted by Crippen LogP contribution is 2.59. The van der Waals surface area contributed by atoms with Crippen molar-refractivity contribution in [3.8, 4) is 17.1 Å². The summed E-state index contributed by atoms with van der Waals surface area (Å²) in [6.07, 6.45) is 19.1. The van der Waals surface area contributed by atoms with E-state index in [-0.39, 0.29) is 0 Å². The number of rotatable bonds is 8. The number of unbranched alkanes of at least 4 members (excludes halogenated alkanes) is 1. The second-order valence-corrected chi connectivity index (χ2v) is 9.46. The molecule has 3 aliphatic carbocycles. The van der Waals surface area contributed by atoms with E-state index in [9.17, 15) is 4.79 Å². The van der Waals surface area contributed by atoms with Gasteiger partial charge in [-0.2, -0.15) is 0 Å². The van der Waals surface area contributed by atoms with Gasteiger partial charge in [-0.1, -0.05) is 57.0 Å². The summed E-state index contributed by atoms with van der Waals surface area (Å²) in [6.45, 7) is 4.39. The number of esters is 1. The maximum Gasteiger partial charge on any atom is 0.335 e. The molecule has 2 bridgehead atoms. The minimum absolute atomic E-state index is 0.366. The van der Waals surface area contributed by atoms with Crippen molar-refractivity contribution in [1.29, 1.82) is 0 Å². The van der Waals surface area contributed by atoms with Crippen LogP contribution in [0.15, 0.2) is 48.8 Å². The van der Waals surface area contributed by atoms with Gasteiger partial charge in [-0.25, -0.2) is 14.8 Å². The lowest BCUT2D eigenvalue weighted by Crippen LogP contribution is -2.44. The van der Waals surface area contributed by atoms with Crippen molar-refractivity contribution in [2.24, 2.45) is 5.41 Å². The minimum atomic E-state index is -0.392. The van der Waals surface area contributed by atoms with Gasteiger partial charge in [-0.15, -0.1) is 0 Å².